The fourth-order valence-corrected chi connectivity index (χ4v) is 6.11. The minimum absolute atomic E-state index is 0.0848. The second-order valence-corrected chi connectivity index (χ2v) is 10.9. The van der Waals surface area contributed by atoms with Gasteiger partial charge in [0.1, 0.15) is 5.84 Å². The van der Waals surface area contributed by atoms with Gasteiger partial charge >= 0.3 is 0 Å². The Bertz CT molecular complexity index is 2010. The van der Waals surface area contributed by atoms with Crippen LogP contribution < -0.4 is 5.32 Å². The molecule has 1 N–H and O–H groups in total. The highest BCUT2D eigenvalue weighted by atomic mass is 15.0. The summed E-state index contributed by atoms with van der Waals surface area (Å²) in [6, 6.07) is 55.7. The molecule has 3 nitrogen and oxygen atoms in total. The number of nitrogens with zero attached hydrogens (tertiary/aromatic N) is 2. The van der Waals surface area contributed by atoms with Crippen molar-refractivity contribution in [1.29, 1.82) is 0 Å². The molecule has 1 aromatic heterocycles. The Labute approximate surface area is 251 Å². The zero-order chi connectivity index (χ0) is 28.6. The number of hydrogen-bond donors (Lipinski definition) is 1. The van der Waals surface area contributed by atoms with E-state index in [0.717, 1.165) is 33.9 Å². The number of para-hydroxylation sites is 2. The van der Waals surface area contributed by atoms with Crippen LogP contribution in [-0.4, -0.2) is 10.4 Å². The molecule has 0 fully saturated rings. The summed E-state index contributed by atoms with van der Waals surface area (Å²) in [6.45, 7) is 0. The van der Waals surface area contributed by atoms with Gasteiger partial charge in [-0.2, -0.15) is 0 Å². The summed E-state index contributed by atoms with van der Waals surface area (Å²) in [6.07, 6.45) is 2.22. The number of nitrogens with one attached hydrogen (secondary N) is 1. The third kappa shape index (κ3) is 4.61. The van der Waals surface area contributed by atoms with Crippen LogP contribution in [0.4, 0.5) is 0 Å². The van der Waals surface area contributed by atoms with Crippen LogP contribution in [0.15, 0.2) is 169 Å². The number of benzene rings is 6. The first-order valence-corrected chi connectivity index (χ1v) is 14.7. The number of amidine groups is 1. The SMILES string of the molecule is C1=C(c2ccccc2)NC(c2ccccc2)=NC1c1ccc(-c2ccc(-n3c4ccccc4c4ccccc43)cc2)cc1. The average Bonchev–Trinajstić information content (AvgIpc) is 3.43. The van der Waals surface area contributed by atoms with Gasteiger partial charge in [0.25, 0.3) is 0 Å². The number of rotatable bonds is 5. The van der Waals surface area contributed by atoms with Gasteiger partial charge in [-0.3, -0.25) is 4.99 Å². The van der Waals surface area contributed by atoms with Crippen molar-refractivity contribution >= 4 is 33.3 Å². The van der Waals surface area contributed by atoms with Gasteiger partial charge < -0.3 is 9.88 Å². The fourth-order valence-electron chi connectivity index (χ4n) is 6.11. The van der Waals surface area contributed by atoms with E-state index in [9.17, 15) is 0 Å². The summed E-state index contributed by atoms with van der Waals surface area (Å²) in [4.78, 5) is 5.12. The van der Waals surface area contributed by atoms with Crippen LogP contribution in [0.5, 0.6) is 0 Å². The van der Waals surface area contributed by atoms with Crippen molar-refractivity contribution in [3.8, 4) is 16.8 Å². The van der Waals surface area contributed by atoms with E-state index in [-0.39, 0.29) is 6.04 Å². The number of aliphatic imine (C=N–C) groups is 1. The monoisotopic (exact) mass is 551 g/mol. The summed E-state index contributed by atoms with van der Waals surface area (Å²) >= 11 is 0. The molecule has 3 heteroatoms. The van der Waals surface area contributed by atoms with Crippen molar-refractivity contribution in [2.75, 3.05) is 0 Å². The maximum atomic E-state index is 5.12. The van der Waals surface area contributed by atoms with E-state index < -0.39 is 0 Å². The first-order chi connectivity index (χ1) is 21.3. The predicted molar refractivity (Wildman–Crippen MR) is 179 cm³/mol. The number of fused-ring (bicyclic) bond motifs is 3. The van der Waals surface area contributed by atoms with Gasteiger partial charge in [-0.05, 0) is 52.6 Å². The van der Waals surface area contributed by atoms with Gasteiger partial charge in [-0.15, -0.1) is 0 Å². The molecule has 1 atom stereocenters. The van der Waals surface area contributed by atoms with Crippen LogP contribution in [0.2, 0.25) is 0 Å². The Hall–Kier alpha value is -5.67. The molecule has 0 saturated heterocycles. The average molecular weight is 552 g/mol. The third-order valence-electron chi connectivity index (χ3n) is 8.27. The van der Waals surface area contributed by atoms with E-state index in [0.29, 0.717) is 0 Å². The zero-order valence-electron chi connectivity index (χ0n) is 23.6. The van der Waals surface area contributed by atoms with Gasteiger partial charge in [0, 0.05) is 27.7 Å². The normalized spacial score (nSPS) is 14.7. The molecule has 2 heterocycles. The van der Waals surface area contributed by atoms with E-state index in [1.165, 1.54) is 32.9 Å². The molecular formula is C40H29N3. The molecule has 1 aliphatic heterocycles. The molecule has 8 rings (SSSR count). The van der Waals surface area contributed by atoms with E-state index in [1.807, 2.05) is 12.1 Å². The molecule has 204 valence electrons. The van der Waals surface area contributed by atoms with Crippen LogP contribution in [-0.2, 0) is 0 Å². The second kappa shape index (κ2) is 10.6. The van der Waals surface area contributed by atoms with E-state index in [2.05, 4.69) is 162 Å². The lowest BCUT2D eigenvalue weighted by Crippen LogP contribution is -2.27. The second-order valence-electron chi connectivity index (χ2n) is 10.9. The highest BCUT2D eigenvalue weighted by Crippen LogP contribution is 2.33. The van der Waals surface area contributed by atoms with Gasteiger partial charge in [0.05, 0.1) is 17.1 Å². The maximum Gasteiger partial charge on any atom is 0.133 e. The molecule has 0 radical (unpaired) electrons. The van der Waals surface area contributed by atoms with Crippen LogP contribution in [0, 0.1) is 0 Å². The molecule has 7 aromatic rings. The van der Waals surface area contributed by atoms with E-state index in [1.54, 1.807) is 0 Å². The van der Waals surface area contributed by atoms with Crippen LogP contribution >= 0.6 is 0 Å². The summed E-state index contributed by atoms with van der Waals surface area (Å²) in [5, 5.41) is 6.12. The molecule has 6 aromatic carbocycles. The fraction of sp³-hybridized carbons (Fsp3) is 0.0250. The summed E-state index contributed by atoms with van der Waals surface area (Å²) in [5.74, 6) is 0.886. The molecule has 0 spiro atoms. The van der Waals surface area contributed by atoms with Crippen LogP contribution in [0.25, 0.3) is 44.3 Å². The topological polar surface area (TPSA) is 29.3 Å². The molecular weight excluding hydrogens is 522 g/mol. The Morgan fingerprint density at radius 1 is 0.465 bits per heavy atom. The molecule has 1 aliphatic rings. The Kier molecular flexibility index (Phi) is 6.20. The standard InChI is InChI=1S/C40H29N3/c1-3-11-30(12-4-1)36-27-37(42-40(41-36)32-13-5-2-6-14-32)31-21-19-28(20-22-31)29-23-25-33(26-24-29)43-38-17-9-7-15-34(38)35-16-8-10-18-39(35)43/h1-27,37H,(H,41,42). The molecule has 0 saturated carbocycles. The highest BCUT2D eigenvalue weighted by Gasteiger charge is 2.19. The molecule has 43 heavy (non-hydrogen) atoms. The minimum atomic E-state index is -0.0848. The van der Waals surface area contributed by atoms with Crippen LogP contribution in [0.1, 0.15) is 22.7 Å². The molecule has 0 amide bonds. The van der Waals surface area contributed by atoms with Crippen molar-refractivity contribution in [3.05, 3.63) is 180 Å². The van der Waals surface area contributed by atoms with Gasteiger partial charge in [-0.1, -0.05) is 133 Å². The maximum absolute atomic E-state index is 5.12. The van der Waals surface area contributed by atoms with Crippen molar-refractivity contribution in [3.63, 3.8) is 0 Å². The predicted octanol–water partition coefficient (Wildman–Crippen LogP) is 9.58. The number of aromatic nitrogens is 1. The minimum Gasteiger partial charge on any atom is -0.340 e. The first kappa shape index (κ1) is 25.1. The van der Waals surface area contributed by atoms with Crippen LogP contribution in [0.3, 0.4) is 0 Å². The van der Waals surface area contributed by atoms with Crippen molar-refractivity contribution in [2.45, 2.75) is 6.04 Å². The largest absolute Gasteiger partial charge is 0.340 e. The number of hydrogen-bond acceptors (Lipinski definition) is 2. The summed E-state index contributed by atoms with van der Waals surface area (Å²) < 4.78 is 2.35. The van der Waals surface area contributed by atoms with Gasteiger partial charge in [0.2, 0.25) is 0 Å². The summed E-state index contributed by atoms with van der Waals surface area (Å²) in [7, 11) is 0. The highest BCUT2D eigenvalue weighted by molar-refractivity contribution is 6.09. The Balaban J connectivity index is 1.12. The van der Waals surface area contributed by atoms with E-state index >= 15 is 0 Å². The molecule has 0 aliphatic carbocycles. The lowest BCUT2D eigenvalue weighted by atomic mass is 9.98. The lowest BCUT2D eigenvalue weighted by molar-refractivity contribution is 0.880. The van der Waals surface area contributed by atoms with Crippen molar-refractivity contribution in [1.82, 2.24) is 9.88 Å². The first-order valence-electron chi connectivity index (χ1n) is 14.7. The van der Waals surface area contributed by atoms with Crippen molar-refractivity contribution < 1.29 is 0 Å². The Morgan fingerprint density at radius 3 is 1.58 bits per heavy atom. The lowest BCUT2D eigenvalue weighted by Gasteiger charge is -2.23. The van der Waals surface area contributed by atoms with Crippen molar-refractivity contribution in [2.24, 2.45) is 4.99 Å². The molecule has 0 bridgehead atoms. The van der Waals surface area contributed by atoms with E-state index in [4.69, 9.17) is 4.99 Å². The molecule has 1 unspecified atom stereocenters. The quantitative estimate of drug-likeness (QED) is 0.227. The van der Waals surface area contributed by atoms with Gasteiger partial charge in [0.15, 0.2) is 0 Å². The van der Waals surface area contributed by atoms with Gasteiger partial charge in [-0.25, -0.2) is 0 Å². The smallest absolute Gasteiger partial charge is 0.133 e. The zero-order valence-corrected chi connectivity index (χ0v) is 23.6. The Morgan fingerprint density at radius 2 is 0.977 bits per heavy atom. The third-order valence-corrected chi connectivity index (χ3v) is 8.27. The summed E-state index contributed by atoms with van der Waals surface area (Å²) in [5.41, 5.74) is 10.4.